The molecule has 0 saturated carbocycles. The molecule has 0 amide bonds. The maximum absolute atomic E-state index is 13.8. The molecule has 1 aromatic rings. The number of piperazine rings is 1. The van der Waals surface area contributed by atoms with Gasteiger partial charge in [0.05, 0.1) is 0 Å². The van der Waals surface area contributed by atoms with E-state index in [0.717, 1.165) is 32.7 Å². The van der Waals surface area contributed by atoms with E-state index in [2.05, 4.69) is 10.2 Å². The molecule has 0 aromatic heterocycles. The molecule has 4 heteroatoms. The molecule has 0 spiro atoms. The zero-order valence-electron chi connectivity index (χ0n) is 11.0. The summed E-state index contributed by atoms with van der Waals surface area (Å²) >= 11 is 0. The topological polar surface area (TPSA) is 15.3 Å². The Balaban J connectivity index is 2.15. The Bertz CT molecular complexity index is 412. The maximum Gasteiger partial charge on any atom is 0.127 e. The molecular formula is C14H20F2N2. The van der Waals surface area contributed by atoms with Gasteiger partial charge in [-0.1, -0.05) is 13.8 Å². The van der Waals surface area contributed by atoms with Crippen LogP contribution in [0.3, 0.4) is 0 Å². The molecule has 1 aliphatic heterocycles. The predicted molar refractivity (Wildman–Crippen MR) is 68.7 cm³/mol. The lowest BCUT2D eigenvalue weighted by atomic mass is 9.83. The van der Waals surface area contributed by atoms with Crippen molar-refractivity contribution in [1.82, 2.24) is 10.2 Å². The van der Waals surface area contributed by atoms with Crippen LogP contribution >= 0.6 is 0 Å². The summed E-state index contributed by atoms with van der Waals surface area (Å²) in [5.41, 5.74) is 0.0739. The summed E-state index contributed by atoms with van der Waals surface area (Å²) < 4.78 is 27.1. The molecule has 0 aliphatic carbocycles. The third-order valence-electron chi connectivity index (χ3n) is 3.49. The first-order chi connectivity index (χ1) is 8.49. The third kappa shape index (κ3) is 3.06. The van der Waals surface area contributed by atoms with E-state index in [1.807, 2.05) is 13.8 Å². The van der Waals surface area contributed by atoms with Crippen LogP contribution in [0.4, 0.5) is 8.78 Å². The Morgan fingerprint density at radius 1 is 1.22 bits per heavy atom. The van der Waals surface area contributed by atoms with Gasteiger partial charge in [0, 0.05) is 38.1 Å². The molecule has 1 saturated heterocycles. The molecule has 0 bridgehead atoms. The van der Waals surface area contributed by atoms with Crippen LogP contribution < -0.4 is 5.32 Å². The first kappa shape index (κ1) is 13.4. The van der Waals surface area contributed by atoms with Crippen molar-refractivity contribution < 1.29 is 8.78 Å². The van der Waals surface area contributed by atoms with E-state index in [1.165, 1.54) is 18.2 Å². The number of hydrogen-bond donors (Lipinski definition) is 1. The van der Waals surface area contributed by atoms with Gasteiger partial charge in [-0.3, -0.25) is 4.90 Å². The minimum Gasteiger partial charge on any atom is -0.314 e. The van der Waals surface area contributed by atoms with Gasteiger partial charge in [-0.15, -0.1) is 0 Å². The zero-order valence-corrected chi connectivity index (χ0v) is 11.0. The molecule has 18 heavy (non-hydrogen) atoms. The molecule has 1 heterocycles. The van der Waals surface area contributed by atoms with Crippen LogP contribution in [0.5, 0.6) is 0 Å². The van der Waals surface area contributed by atoms with Crippen molar-refractivity contribution in [3.8, 4) is 0 Å². The van der Waals surface area contributed by atoms with Crippen molar-refractivity contribution in [3.63, 3.8) is 0 Å². The van der Waals surface area contributed by atoms with Crippen LogP contribution in [0.25, 0.3) is 0 Å². The van der Waals surface area contributed by atoms with Gasteiger partial charge in [0.1, 0.15) is 11.6 Å². The SMILES string of the molecule is CC(C)(CN1CCNCC1)c1cc(F)ccc1F. The molecule has 1 aliphatic rings. The molecule has 100 valence electrons. The van der Waals surface area contributed by atoms with E-state index in [9.17, 15) is 8.78 Å². The summed E-state index contributed by atoms with van der Waals surface area (Å²) in [5, 5.41) is 3.29. The maximum atomic E-state index is 13.8. The van der Waals surface area contributed by atoms with Crippen LogP contribution in [0.2, 0.25) is 0 Å². The molecule has 2 nitrogen and oxygen atoms in total. The molecule has 2 rings (SSSR count). The summed E-state index contributed by atoms with van der Waals surface area (Å²) in [5.74, 6) is -0.698. The quantitative estimate of drug-likeness (QED) is 0.889. The van der Waals surface area contributed by atoms with Crippen molar-refractivity contribution in [2.75, 3.05) is 32.7 Å². The second kappa shape index (κ2) is 5.33. The first-order valence-corrected chi connectivity index (χ1v) is 6.38. The van der Waals surface area contributed by atoms with Crippen LogP contribution in [-0.2, 0) is 5.41 Å². The van der Waals surface area contributed by atoms with Gasteiger partial charge in [0.25, 0.3) is 0 Å². The van der Waals surface area contributed by atoms with E-state index in [-0.39, 0.29) is 17.0 Å². The largest absolute Gasteiger partial charge is 0.314 e. The Labute approximate surface area is 107 Å². The average molecular weight is 254 g/mol. The van der Waals surface area contributed by atoms with Crippen molar-refractivity contribution >= 4 is 0 Å². The number of nitrogens with zero attached hydrogens (tertiary/aromatic N) is 1. The van der Waals surface area contributed by atoms with Crippen LogP contribution in [0.15, 0.2) is 18.2 Å². The zero-order chi connectivity index (χ0) is 13.2. The van der Waals surface area contributed by atoms with E-state index in [0.29, 0.717) is 5.56 Å². The van der Waals surface area contributed by atoms with Crippen LogP contribution in [0.1, 0.15) is 19.4 Å². The van der Waals surface area contributed by atoms with Crippen molar-refractivity contribution in [2.24, 2.45) is 0 Å². The van der Waals surface area contributed by atoms with E-state index in [1.54, 1.807) is 0 Å². The van der Waals surface area contributed by atoms with Gasteiger partial charge < -0.3 is 5.32 Å². The van der Waals surface area contributed by atoms with Gasteiger partial charge in [-0.25, -0.2) is 8.78 Å². The van der Waals surface area contributed by atoms with Crippen LogP contribution in [0, 0.1) is 11.6 Å². The summed E-state index contributed by atoms with van der Waals surface area (Å²) in [7, 11) is 0. The summed E-state index contributed by atoms with van der Waals surface area (Å²) in [4.78, 5) is 2.29. The Morgan fingerprint density at radius 2 is 1.89 bits per heavy atom. The van der Waals surface area contributed by atoms with Gasteiger partial charge in [-0.05, 0) is 23.8 Å². The summed E-state index contributed by atoms with van der Waals surface area (Å²) in [6.45, 7) is 8.51. The van der Waals surface area contributed by atoms with E-state index >= 15 is 0 Å². The highest BCUT2D eigenvalue weighted by Gasteiger charge is 2.27. The standard InChI is InChI=1S/C14H20F2N2/c1-14(2,10-18-7-5-17-6-8-18)12-9-11(15)3-4-13(12)16/h3-4,9,17H,5-8,10H2,1-2H3. The molecule has 1 fully saturated rings. The lowest BCUT2D eigenvalue weighted by molar-refractivity contribution is 0.197. The Kier molecular flexibility index (Phi) is 3.97. The van der Waals surface area contributed by atoms with Gasteiger partial charge >= 0.3 is 0 Å². The number of rotatable bonds is 3. The number of hydrogen-bond acceptors (Lipinski definition) is 2. The third-order valence-corrected chi connectivity index (χ3v) is 3.49. The number of benzene rings is 1. The Hall–Kier alpha value is -1.00. The monoisotopic (exact) mass is 254 g/mol. The van der Waals surface area contributed by atoms with Crippen LogP contribution in [-0.4, -0.2) is 37.6 Å². The normalized spacial score (nSPS) is 18.0. The molecule has 1 aromatic carbocycles. The lowest BCUT2D eigenvalue weighted by Gasteiger charge is -2.35. The fourth-order valence-corrected chi connectivity index (χ4v) is 2.53. The molecular weight excluding hydrogens is 234 g/mol. The predicted octanol–water partition coefficient (Wildman–Crippen LogP) is 2.15. The molecule has 0 unspecified atom stereocenters. The van der Waals surface area contributed by atoms with Gasteiger partial charge in [0.15, 0.2) is 0 Å². The Morgan fingerprint density at radius 3 is 2.56 bits per heavy atom. The molecule has 1 N–H and O–H groups in total. The fourth-order valence-electron chi connectivity index (χ4n) is 2.53. The van der Waals surface area contributed by atoms with Gasteiger partial charge in [-0.2, -0.15) is 0 Å². The lowest BCUT2D eigenvalue weighted by Crippen LogP contribution is -2.48. The average Bonchev–Trinajstić information content (AvgIpc) is 2.33. The number of nitrogens with one attached hydrogen (secondary N) is 1. The highest BCUT2D eigenvalue weighted by Crippen LogP contribution is 2.27. The summed E-state index contributed by atoms with van der Waals surface area (Å²) in [6.07, 6.45) is 0. The fraction of sp³-hybridized carbons (Fsp3) is 0.571. The van der Waals surface area contributed by atoms with Gasteiger partial charge in [0.2, 0.25) is 0 Å². The van der Waals surface area contributed by atoms with E-state index < -0.39 is 0 Å². The molecule has 0 atom stereocenters. The highest BCUT2D eigenvalue weighted by molar-refractivity contribution is 5.27. The van der Waals surface area contributed by atoms with Crippen molar-refractivity contribution in [1.29, 1.82) is 0 Å². The van der Waals surface area contributed by atoms with Crippen molar-refractivity contribution in [2.45, 2.75) is 19.3 Å². The second-order valence-corrected chi connectivity index (χ2v) is 5.53. The number of halogens is 2. The van der Waals surface area contributed by atoms with Crippen molar-refractivity contribution in [3.05, 3.63) is 35.4 Å². The minimum atomic E-state index is -0.385. The molecule has 0 radical (unpaired) electrons. The second-order valence-electron chi connectivity index (χ2n) is 5.53. The van der Waals surface area contributed by atoms with E-state index in [4.69, 9.17) is 0 Å². The highest BCUT2D eigenvalue weighted by atomic mass is 19.1. The summed E-state index contributed by atoms with van der Waals surface area (Å²) in [6, 6.07) is 3.70. The smallest absolute Gasteiger partial charge is 0.127 e. The first-order valence-electron chi connectivity index (χ1n) is 6.38. The minimum absolute atomic E-state index is 0.323.